The maximum Gasteiger partial charge on any atom is 0.238 e. The maximum absolute atomic E-state index is 13.2. The van der Waals surface area contributed by atoms with E-state index in [1.807, 2.05) is 65.2 Å². The van der Waals surface area contributed by atoms with Crippen LogP contribution in [0.5, 0.6) is 0 Å². The molecule has 7 nitrogen and oxygen atoms in total. The van der Waals surface area contributed by atoms with Crippen LogP contribution in [0, 0.1) is 0 Å². The van der Waals surface area contributed by atoms with E-state index in [0.717, 1.165) is 24.1 Å². The summed E-state index contributed by atoms with van der Waals surface area (Å²) in [6, 6.07) is 13.4. The van der Waals surface area contributed by atoms with Gasteiger partial charge in [0, 0.05) is 50.6 Å². The minimum atomic E-state index is -3.76. The fraction of sp³-hybridized carbons (Fsp3) is 0.435. The lowest BCUT2D eigenvalue weighted by atomic mass is 10.2. The molecule has 1 aromatic heterocycles. The average molecular weight is 446 g/mol. The van der Waals surface area contributed by atoms with Gasteiger partial charge in [0.25, 0.3) is 0 Å². The Morgan fingerprint density at radius 2 is 1.94 bits per heavy atom. The largest absolute Gasteiger partial charge is 0.385 e. The summed E-state index contributed by atoms with van der Waals surface area (Å²) in [5.74, 6) is -0.169. The number of aromatic nitrogens is 1. The topological polar surface area (TPSA) is 71.8 Å². The summed E-state index contributed by atoms with van der Waals surface area (Å²) in [7, 11) is -0.238. The van der Waals surface area contributed by atoms with E-state index in [-0.39, 0.29) is 25.0 Å². The molecule has 168 valence electrons. The first kappa shape index (κ1) is 23.2. The second-order valence-electron chi connectivity index (χ2n) is 7.80. The van der Waals surface area contributed by atoms with Crippen LogP contribution in [0.15, 0.2) is 54.1 Å². The first-order valence-corrected chi connectivity index (χ1v) is 12.0. The summed E-state index contributed by atoms with van der Waals surface area (Å²) in [4.78, 5) is 15.0. The van der Waals surface area contributed by atoms with Gasteiger partial charge in [0.2, 0.25) is 15.9 Å². The van der Waals surface area contributed by atoms with Gasteiger partial charge in [-0.2, -0.15) is 4.31 Å². The molecule has 0 unspecified atom stereocenters. The summed E-state index contributed by atoms with van der Waals surface area (Å²) in [6.45, 7) is 0.965. The monoisotopic (exact) mass is 445 g/mol. The van der Waals surface area contributed by atoms with Crippen LogP contribution >= 0.6 is 0 Å². The van der Waals surface area contributed by atoms with Crippen molar-refractivity contribution < 1.29 is 17.9 Å². The molecule has 8 heteroatoms. The van der Waals surface area contributed by atoms with Crippen molar-refractivity contribution in [2.24, 2.45) is 7.05 Å². The third kappa shape index (κ3) is 6.78. The number of methoxy groups -OCH3 is 1. The number of hydrogen-bond donors (Lipinski definition) is 0. The Morgan fingerprint density at radius 1 is 1.19 bits per heavy atom. The molecule has 1 aliphatic rings. The number of sulfonamides is 1. The molecule has 0 radical (unpaired) electrons. The Balaban J connectivity index is 1.74. The number of aryl methyl sites for hydroxylation is 1. The Bertz CT molecular complexity index is 981. The summed E-state index contributed by atoms with van der Waals surface area (Å²) >= 11 is 0. The van der Waals surface area contributed by atoms with E-state index in [9.17, 15) is 13.2 Å². The van der Waals surface area contributed by atoms with E-state index in [0.29, 0.717) is 19.6 Å². The molecule has 1 aliphatic carbocycles. The van der Waals surface area contributed by atoms with E-state index in [1.165, 1.54) is 9.71 Å². The van der Waals surface area contributed by atoms with Crippen LogP contribution in [0.25, 0.3) is 6.08 Å². The summed E-state index contributed by atoms with van der Waals surface area (Å²) in [5, 5.41) is 1.18. The number of rotatable bonds is 12. The summed E-state index contributed by atoms with van der Waals surface area (Å²) < 4.78 is 34.4. The minimum absolute atomic E-state index is 0.169. The highest BCUT2D eigenvalue weighted by Crippen LogP contribution is 2.29. The van der Waals surface area contributed by atoms with Crippen LogP contribution in [0.1, 0.15) is 30.5 Å². The van der Waals surface area contributed by atoms with Gasteiger partial charge in [-0.15, -0.1) is 0 Å². The van der Waals surface area contributed by atoms with Gasteiger partial charge >= 0.3 is 0 Å². The Labute approximate surface area is 185 Å². The van der Waals surface area contributed by atoms with E-state index in [2.05, 4.69) is 0 Å². The van der Waals surface area contributed by atoms with Crippen molar-refractivity contribution in [3.8, 4) is 0 Å². The van der Waals surface area contributed by atoms with Crippen molar-refractivity contribution in [1.82, 2.24) is 13.8 Å². The highest BCUT2D eigenvalue weighted by molar-refractivity contribution is 7.92. The smallest absolute Gasteiger partial charge is 0.238 e. The number of ether oxygens (including phenoxy) is 1. The Hall–Kier alpha value is -2.42. The molecule has 1 amide bonds. The maximum atomic E-state index is 13.2. The predicted octanol–water partition coefficient (Wildman–Crippen LogP) is 2.86. The van der Waals surface area contributed by atoms with Gasteiger partial charge in [-0.05, 0) is 43.0 Å². The van der Waals surface area contributed by atoms with Crippen LogP contribution in [0.3, 0.4) is 0 Å². The molecule has 2 aromatic rings. The molecule has 31 heavy (non-hydrogen) atoms. The van der Waals surface area contributed by atoms with Gasteiger partial charge in [-0.1, -0.05) is 30.3 Å². The lowest BCUT2D eigenvalue weighted by Crippen LogP contribution is -2.43. The first-order valence-electron chi connectivity index (χ1n) is 10.5. The van der Waals surface area contributed by atoms with Crippen LogP contribution in [-0.2, 0) is 33.1 Å². The van der Waals surface area contributed by atoms with Gasteiger partial charge in [0.15, 0.2) is 0 Å². The van der Waals surface area contributed by atoms with Crippen LogP contribution in [0.4, 0.5) is 0 Å². The first-order chi connectivity index (χ1) is 14.9. The van der Waals surface area contributed by atoms with Crippen LogP contribution < -0.4 is 0 Å². The molecular formula is C23H31N3O4S. The molecule has 1 saturated carbocycles. The third-order valence-corrected chi connectivity index (χ3v) is 6.86. The second-order valence-corrected chi connectivity index (χ2v) is 9.62. The average Bonchev–Trinajstić information content (AvgIpc) is 3.52. The molecule has 0 bridgehead atoms. The summed E-state index contributed by atoms with van der Waals surface area (Å²) in [5.41, 5.74) is 1.82. The van der Waals surface area contributed by atoms with Crippen LogP contribution in [-0.4, -0.2) is 60.9 Å². The van der Waals surface area contributed by atoms with Gasteiger partial charge < -0.3 is 14.2 Å². The number of amides is 1. The predicted molar refractivity (Wildman–Crippen MR) is 121 cm³/mol. The fourth-order valence-electron chi connectivity index (χ4n) is 3.38. The van der Waals surface area contributed by atoms with Gasteiger partial charge in [-0.3, -0.25) is 4.79 Å². The van der Waals surface area contributed by atoms with Gasteiger partial charge in [-0.25, -0.2) is 8.42 Å². The lowest BCUT2D eigenvalue weighted by Gasteiger charge is -2.27. The number of nitrogens with zero attached hydrogens (tertiary/aromatic N) is 3. The van der Waals surface area contributed by atoms with E-state index in [4.69, 9.17) is 4.74 Å². The number of hydrogen-bond acceptors (Lipinski definition) is 4. The van der Waals surface area contributed by atoms with Crippen LogP contribution in [0.2, 0.25) is 0 Å². The molecule has 1 fully saturated rings. The molecule has 0 atom stereocenters. The van der Waals surface area contributed by atoms with Crippen molar-refractivity contribution in [3.05, 3.63) is 65.3 Å². The normalized spacial score (nSPS) is 14.4. The summed E-state index contributed by atoms with van der Waals surface area (Å²) in [6.07, 6.45) is 5.94. The zero-order chi connectivity index (χ0) is 22.3. The van der Waals surface area contributed by atoms with Crippen molar-refractivity contribution in [2.75, 3.05) is 26.8 Å². The minimum Gasteiger partial charge on any atom is -0.385 e. The molecule has 0 aliphatic heterocycles. The van der Waals surface area contributed by atoms with E-state index in [1.54, 1.807) is 13.2 Å². The molecule has 0 spiro atoms. The van der Waals surface area contributed by atoms with Gasteiger partial charge in [0.1, 0.15) is 0 Å². The second kappa shape index (κ2) is 10.7. The quantitative estimate of drug-likeness (QED) is 0.471. The number of carbonyl (C=O) groups excluding carboxylic acids is 1. The van der Waals surface area contributed by atoms with E-state index >= 15 is 0 Å². The molecule has 3 rings (SSSR count). The fourth-order valence-corrected chi connectivity index (χ4v) is 4.56. The Morgan fingerprint density at radius 3 is 2.55 bits per heavy atom. The standard InChI is InChI=1S/C23H31N3O4S/c1-24-14-6-10-22(24)18-26(21-11-12-21)23(27)19-25(15-7-16-30-2)31(28,29)17-13-20-8-4-3-5-9-20/h3-6,8-10,13-14,17,21H,7,11-12,15-16,18-19H2,1-2H3. The van der Waals surface area contributed by atoms with Crippen molar-refractivity contribution in [2.45, 2.75) is 31.8 Å². The number of benzene rings is 1. The van der Waals surface area contributed by atoms with Crippen molar-refractivity contribution in [3.63, 3.8) is 0 Å². The lowest BCUT2D eigenvalue weighted by molar-refractivity contribution is -0.132. The van der Waals surface area contributed by atoms with Crippen molar-refractivity contribution in [1.29, 1.82) is 0 Å². The highest BCUT2D eigenvalue weighted by atomic mass is 32.2. The third-order valence-electron chi connectivity index (χ3n) is 5.35. The Kier molecular flexibility index (Phi) is 8.06. The van der Waals surface area contributed by atoms with E-state index < -0.39 is 10.0 Å². The zero-order valence-electron chi connectivity index (χ0n) is 18.2. The molecule has 0 saturated heterocycles. The molecule has 1 aromatic carbocycles. The molecule has 0 N–H and O–H groups in total. The van der Waals surface area contributed by atoms with Crippen molar-refractivity contribution >= 4 is 22.0 Å². The zero-order valence-corrected chi connectivity index (χ0v) is 19.0. The number of carbonyl (C=O) groups is 1. The SMILES string of the molecule is COCCCN(CC(=O)N(Cc1cccn1C)C1CC1)S(=O)(=O)C=Cc1ccccc1. The molecule has 1 heterocycles. The van der Waals surface area contributed by atoms with Gasteiger partial charge in [0.05, 0.1) is 13.1 Å². The highest BCUT2D eigenvalue weighted by Gasteiger charge is 2.34. The molecular weight excluding hydrogens is 414 g/mol.